The average Bonchev–Trinajstić information content (AvgIpc) is 2.90. The van der Waals surface area contributed by atoms with Crippen molar-refractivity contribution < 1.29 is 9.59 Å². The van der Waals surface area contributed by atoms with Crippen LogP contribution in [-0.2, 0) is 17.8 Å². The molecule has 2 amide bonds. The Morgan fingerprint density at radius 2 is 2.14 bits per heavy atom. The number of carbonyl (C=O) groups excluding carboxylic acids is 2. The Morgan fingerprint density at radius 3 is 2.86 bits per heavy atom. The van der Waals surface area contributed by atoms with Gasteiger partial charge in [-0.15, -0.1) is 0 Å². The number of hydrogen-bond acceptors (Lipinski definition) is 3. The number of primary amides is 1. The normalized spacial score (nSPS) is 24.7. The van der Waals surface area contributed by atoms with Gasteiger partial charge in [-0.25, -0.2) is 0 Å². The van der Waals surface area contributed by atoms with Crippen LogP contribution in [0.2, 0.25) is 0 Å². The summed E-state index contributed by atoms with van der Waals surface area (Å²) in [6.07, 6.45) is 1.65. The Hall–Kier alpha value is -1.88. The molecule has 1 aromatic carbocycles. The van der Waals surface area contributed by atoms with Crippen molar-refractivity contribution in [2.24, 2.45) is 11.1 Å². The van der Waals surface area contributed by atoms with E-state index in [4.69, 9.17) is 5.73 Å². The summed E-state index contributed by atoms with van der Waals surface area (Å²) in [6.45, 7) is 4.64. The minimum absolute atomic E-state index is 0.00616. The summed E-state index contributed by atoms with van der Waals surface area (Å²) in [6, 6.07) is 5.92. The Bertz CT molecular complexity index is 599. The molecule has 3 N–H and O–H groups in total. The van der Waals surface area contributed by atoms with Crippen LogP contribution in [0.1, 0.15) is 34.8 Å². The van der Waals surface area contributed by atoms with Gasteiger partial charge in [-0.05, 0) is 49.6 Å². The fraction of sp³-hybridized carbons (Fsp3) is 0.500. The lowest BCUT2D eigenvalue weighted by Gasteiger charge is -2.22. The second kappa shape index (κ2) is 5.15. The Kier molecular flexibility index (Phi) is 3.45. The fourth-order valence-corrected chi connectivity index (χ4v) is 3.13. The Balaban J connectivity index is 1.79. The Labute approximate surface area is 124 Å². The maximum absolute atomic E-state index is 12.6. The van der Waals surface area contributed by atoms with Gasteiger partial charge in [-0.1, -0.05) is 6.07 Å². The molecule has 1 atom stereocenters. The molecule has 0 aliphatic carbocycles. The predicted molar refractivity (Wildman–Crippen MR) is 79.7 cm³/mol. The van der Waals surface area contributed by atoms with Crippen LogP contribution >= 0.6 is 0 Å². The highest BCUT2D eigenvalue weighted by Crippen LogP contribution is 2.30. The van der Waals surface area contributed by atoms with E-state index >= 15 is 0 Å². The number of benzene rings is 1. The highest BCUT2D eigenvalue weighted by Gasteiger charge is 2.40. The molecule has 21 heavy (non-hydrogen) atoms. The molecule has 0 spiro atoms. The zero-order valence-electron chi connectivity index (χ0n) is 12.3. The number of amides is 2. The van der Waals surface area contributed by atoms with Crippen LogP contribution in [0.25, 0.3) is 0 Å². The summed E-state index contributed by atoms with van der Waals surface area (Å²) in [5.41, 5.74) is 8.06. The summed E-state index contributed by atoms with van der Waals surface area (Å²) in [5, 5.41) is 3.32. The second-order valence-corrected chi connectivity index (χ2v) is 6.31. The lowest BCUT2D eigenvalue weighted by molar-refractivity contribution is -0.126. The highest BCUT2D eigenvalue weighted by atomic mass is 16.2. The van der Waals surface area contributed by atoms with Crippen molar-refractivity contribution in [3.05, 3.63) is 34.9 Å². The zero-order valence-corrected chi connectivity index (χ0v) is 12.3. The standard InChI is InChI=1S/C16H21N3O2/c1-16(15(17)21)5-7-19(10-16)14(20)12-3-2-11-4-6-18-9-13(11)8-12/h2-3,8,18H,4-7,9-10H2,1H3,(H2,17,21). The quantitative estimate of drug-likeness (QED) is 0.839. The number of fused-ring (bicyclic) bond motifs is 1. The molecule has 0 saturated carbocycles. The molecular formula is C16H21N3O2. The van der Waals surface area contributed by atoms with Crippen LogP contribution in [0.4, 0.5) is 0 Å². The van der Waals surface area contributed by atoms with Crippen LogP contribution in [0.15, 0.2) is 18.2 Å². The average molecular weight is 287 g/mol. The predicted octanol–water partition coefficient (Wildman–Crippen LogP) is 0.670. The smallest absolute Gasteiger partial charge is 0.253 e. The van der Waals surface area contributed by atoms with Gasteiger partial charge in [0.1, 0.15) is 0 Å². The molecule has 1 aromatic rings. The van der Waals surface area contributed by atoms with Crippen molar-refractivity contribution in [3.8, 4) is 0 Å². The maximum Gasteiger partial charge on any atom is 0.253 e. The SMILES string of the molecule is CC1(C(N)=O)CCN(C(=O)c2ccc3c(c2)CNCC3)C1. The van der Waals surface area contributed by atoms with Crippen molar-refractivity contribution >= 4 is 11.8 Å². The first kappa shape index (κ1) is 14.1. The van der Waals surface area contributed by atoms with E-state index in [1.165, 1.54) is 11.1 Å². The molecule has 3 rings (SSSR count). The molecular weight excluding hydrogens is 266 g/mol. The third-order valence-electron chi connectivity index (χ3n) is 4.70. The zero-order chi connectivity index (χ0) is 15.0. The number of nitrogens with one attached hydrogen (secondary N) is 1. The van der Waals surface area contributed by atoms with Crippen LogP contribution in [0.3, 0.4) is 0 Å². The lowest BCUT2D eigenvalue weighted by Crippen LogP contribution is -2.38. The van der Waals surface area contributed by atoms with Crippen molar-refractivity contribution in [1.29, 1.82) is 0 Å². The molecule has 2 aliphatic rings. The van der Waals surface area contributed by atoms with E-state index in [1.54, 1.807) is 4.90 Å². The van der Waals surface area contributed by atoms with E-state index in [1.807, 2.05) is 25.1 Å². The first-order chi connectivity index (χ1) is 9.99. The van der Waals surface area contributed by atoms with Gasteiger partial charge >= 0.3 is 0 Å². The van der Waals surface area contributed by atoms with Crippen LogP contribution < -0.4 is 11.1 Å². The number of carbonyl (C=O) groups is 2. The van der Waals surface area contributed by atoms with E-state index in [9.17, 15) is 9.59 Å². The minimum Gasteiger partial charge on any atom is -0.369 e. The molecule has 0 radical (unpaired) electrons. The third kappa shape index (κ3) is 2.53. The summed E-state index contributed by atoms with van der Waals surface area (Å²) < 4.78 is 0. The number of hydrogen-bond donors (Lipinski definition) is 2. The summed E-state index contributed by atoms with van der Waals surface area (Å²) in [4.78, 5) is 25.8. The molecule has 0 aromatic heterocycles. The number of rotatable bonds is 2. The monoisotopic (exact) mass is 287 g/mol. The topological polar surface area (TPSA) is 75.4 Å². The molecule has 5 heteroatoms. The minimum atomic E-state index is -0.592. The van der Waals surface area contributed by atoms with Crippen LogP contribution in [0.5, 0.6) is 0 Å². The van der Waals surface area contributed by atoms with E-state index in [2.05, 4.69) is 5.32 Å². The highest BCUT2D eigenvalue weighted by molar-refractivity contribution is 5.95. The number of likely N-dealkylation sites (tertiary alicyclic amines) is 1. The molecule has 0 bridgehead atoms. The molecule has 2 aliphatic heterocycles. The lowest BCUT2D eigenvalue weighted by atomic mass is 9.89. The van der Waals surface area contributed by atoms with E-state index in [-0.39, 0.29) is 11.8 Å². The molecule has 2 heterocycles. The first-order valence-electron chi connectivity index (χ1n) is 7.41. The van der Waals surface area contributed by atoms with Gasteiger partial charge in [-0.2, -0.15) is 0 Å². The molecule has 112 valence electrons. The van der Waals surface area contributed by atoms with E-state index in [0.717, 1.165) is 19.5 Å². The number of nitrogens with two attached hydrogens (primary N) is 1. The second-order valence-electron chi connectivity index (χ2n) is 6.31. The van der Waals surface area contributed by atoms with Gasteiger partial charge in [0.05, 0.1) is 5.41 Å². The number of nitrogens with zero attached hydrogens (tertiary/aromatic N) is 1. The van der Waals surface area contributed by atoms with Gasteiger partial charge in [0.2, 0.25) is 5.91 Å². The molecule has 1 saturated heterocycles. The van der Waals surface area contributed by atoms with Crippen LogP contribution in [0, 0.1) is 5.41 Å². The third-order valence-corrected chi connectivity index (χ3v) is 4.70. The largest absolute Gasteiger partial charge is 0.369 e. The molecule has 1 fully saturated rings. The van der Waals surface area contributed by atoms with Gasteiger partial charge < -0.3 is 16.0 Å². The van der Waals surface area contributed by atoms with Crippen LogP contribution in [-0.4, -0.2) is 36.3 Å². The first-order valence-corrected chi connectivity index (χ1v) is 7.41. The Morgan fingerprint density at radius 1 is 1.33 bits per heavy atom. The summed E-state index contributed by atoms with van der Waals surface area (Å²) in [5.74, 6) is -0.333. The maximum atomic E-state index is 12.6. The summed E-state index contributed by atoms with van der Waals surface area (Å²) in [7, 11) is 0. The van der Waals surface area contributed by atoms with Gasteiger partial charge in [0.25, 0.3) is 5.91 Å². The molecule has 1 unspecified atom stereocenters. The summed E-state index contributed by atoms with van der Waals surface area (Å²) >= 11 is 0. The van der Waals surface area contributed by atoms with Crippen molar-refractivity contribution in [3.63, 3.8) is 0 Å². The van der Waals surface area contributed by atoms with Gasteiger partial charge in [0.15, 0.2) is 0 Å². The van der Waals surface area contributed by atoms with Gasteiger partial charge in [0, 0.05) is 25.2 Å². The van der Waals surface area contributed by atoms with E-state index < -0.39 is 5.41 Å². The van der Waals surface area contributed by atoms with E-state index in [0.29, 0.717) is 25.1 Å². The van der Waals surface area contributed by atoms with Crippen molar-refractivity contribution in [2.45, 2.75) is 26.3 Å². The van der Waals surface area contributed by atoms with Crippen molar-refractivity contribution in [2.75, 3.05) is 19.6 Å². The molecule has 5 nitrogen and oxygen atoms in total. The van der Waals surface area contributed by atoms with Crippen molar-refractivity contribution in [1.82, 2.24) is 10.2 Å². The fourth-order valence-electron chi connectivity index (χ4n) is 3.13. The van der Waals surface area contributed by atoms with Gasteiger partial charge in [-0.3, -0.25) is 9.59 Å².